The van der Waals surface area contributed by atoms with E-state index in [9.17, 15) is 10.1 Å². The molecule has 2 fully saturated rings. The molecule has 2 aliphatic rings. The lowest BCUT2D eigenvalue weighted by Crippen LogP contribution is -2.44. The van der Waals surface area contributed by atoms with Gasteiger partial charge in [-0.1, -0.05) is 0 Å². The largest absolute Gasteiger partial charge is 0.363 e. The minimum absolute atomic E-state index is 0.0865. The van der Waals surface area contributed by atoms with Gasteiger partial charge in [-0.15, -0.1) is 0 Å². The lowest BCUT2D eigenvalue weighted by molar-refractivity contribution is -0.384. The Hall–Kier alpha value is -1.46. The van der Waals surface area contributed by atoms with E-state index in [4.69, 9.17) is 4.74 Å². The van der Waals surface area contributed by atoms with Gasteiger partial charge in [-0.25, -0.2) is 4.68 Å². The Morgan fingerprint density at radius 1 is 1.27 bits per heavy atom. The molecule has 1 aromatic carbocycles. The van der Waals surface area contributed by atoms with Gasteiger partial charge in [0.15, 0.2) is 6.23 Å². The van der Waals surface area contributed by atoms with Crippen molar-refractivity contribution in [1.29, 1.82) is 0 Å². The highest BCUT2D eigenvalue weighted by Gasteiger charge is 2.27. The quantitative estimate of drug-likeness (QED) is 0.389. The molecule has 0 saturated carbocycles. The number of benzene rings is 1. The summed E-state index contributed by atoms with van der Waals surface area (Å²) in [4.78, 5) is 15.8. The van der Waals surface area contributed by atoms with E-state index >= 15 is 0 Å². The lowest BCUT2D eigenvalue weighted by atomic mass is 10.1. The molecule has 26 heavy (non-hydrogen) atoms. The number of fused-ring (bicyclic) bond motifs is 1. The molecule has 0 bridgehead atoms. The van der Waals surface area contributed by atoms with Gasteiger partial charge in [-0.2, -0.15) is 5.10 Å². The molecule has 3 heterocycles. The molecule has 1 aromatic heterocycles. The number of piperazine rings is 1. The van der Waals surface area contributed by atoms with Crippen LogP contribution < -0.4 is 4.90 Å². The van der Waals surface area contributed by atoms with Crippen molar-refractivity contribution < 1.29 is 9.66 Å². The number of anilines is 1. The molecule has 8 nitrogen and oxygen atoms in total. The number of ether oxygens (including phenoxy) is 1. The van der Waals surface area contributed by atoms with Crippen molar-refractivity contribution in [3.8, 4) is 0 Å². The van der Waals surface area contributed by atoms with Crippen molar-refractivity contribution in [2.45, 2.75) is 25.5 Å². The van der Waals surface area contributed by atoms with Crippen molar-refractivity contribution in [2.75, 3.05) is 44.7 Å². The molecule has 4 rings (SSSR count). The standard InChI is InChI=1S/C17H22IN5O3/c1-20-5-7-21(8-6-20)14-11-13-12(10-15(14)23(24)25)17(18)19-22(13)16-4-2-3-9-26-16/h10-11,16H,2-9H2,1H3. The van der Waals surface area contributed by atoms with Crippen LogP contribution in [0.25, 0.3) is 10.9 Å². The minimum Gasteiger partial charge on any atom is -0.363 e. The molecule has 1 unspecified atom stereocenters. The summed E-state index contributed by atoms with van der Waals surface area (Å²) in [6.45, 7) is 4.11. The number of rotatable bonds is 3. The van der Waals surface area contributed by atoms with Crippen LogP contribution in [0.2, 0.25) is 0 Å². The van der Waals surface area contributed by atoms with E-state index in [1.54, 1.807) is 6.07 Å². The number of halogens is 1. The molecule has 2 saturated heterocycles. The highest BCUT2D eigenvalue weighted by molar-refractivity contribution is 14.1. The third kappa shape index (κ3) is 3.27. The average molecular weight is 471 g/mol. The highest BCUT2D eigenvalue weighted by Crippen LogP contribution is 2.37. The zero-order valence-corrected chi connectivity index (χ0v) is 16.9. The van der Waals surface area contributed by atoms with E-state index in [0.29, 0.717) is 5.69 Å². The predicted molar refractivity (Wildman–Crippen MR) is 108 cm³/mol. The van der Waals surface area contributed by atoms with Gasteiger partial charge in [0.05, 0.1) is 10.4 Å². The minimum atomic E-state index is -0.280. The first-order valence-corrected chi connectivity index (χ1v) is 10.0. The molecular weight excluding hydrogens is 449 g/mol. The van der Waals surface area contributed by atoms with Crippen LogP contribution in [0.4, 0.5) is 11.4 Å². The molecule has 2 aliphatic heterocycles. The first-order valence-electron chi connectivity index (χ1n) is 8.96. The maximum Gasteiger partial charge on any atom is 0.293 e. The summed E-state index contributed by atoms with van der Waals surface area (Å²) >= 11 is 2.15. The molecule has 0 radical (unpaired) electrons. The molecule has 1 atom stereocenters. The zero-order valence-electron chi connectivity index (χ0n) is 14.7. The fourth-order valence-electron chi connectivity index (χ4n) is 3.71. The summed E-state index contributed by atoms with van der Waals surface area (Å²) in [7, 11) is 2.08. The van der Waals surface area contributed by atoms with Gasteiger partial charge in [0.25, 0.3) is 5.69 Å². The molecule has 2 aromatic rings. The summed E-state index contributed by atoms with van der Waals surface area (Å²) in [5.41, 5.74) is 1.76. The summed E-state index contributed by atoms with van der Waals surface area (Å²) < 4.78 is 8.60. The predicted octanol–water partition coefficient (Wildman–Crippen LogP) is 3.00. The second-order valence-electron chi connectivity index (χ2n) is 6.96. The number of hydrogen-bond donors (Lipinski definition) is 0. The van der Waals surface area contributed by atoms with Gasteiger partial charge >= 0.3 is 0 Å². The first kappa shape index (κ1) is 17.9. The SMILES string of the molecule is CN1CCN(c2cc3c(cc2[N+](=O)[O-])c(I)nn3C2CCCCO2)CC1. The van der Waals surface area contributed by atoms with Crippen LogP contribution in [0.15, 0.2) is 12.1 Å². The number of nitrogens with zero attached hydrogens (tertiary/aromatic N) is 5. The van der Waals surface area contributed by atoms with Crippen LogP contribution in [0.1, 0.15) is 25.5 Å². The summed E-state index contributed by atoms with van der Waals surface area (Å²) in [5, 5.41) is 17.2. The van der Waals surface area contributed by atoms with Crippen molar-refractivity contribution in [3.05, 3.63) is 25.9 Å². The van der Waals surface area contributed by atoms with E-state index in [2.05, 4.69) is 44.5 Å². The number of nitro benzene ring substituents is 1. The Morgan fingerprint density at radius 2 is 2.04 bits per heavy atom. The van der Waals surface area contributed by atoms with Crippen LogP contribution in [-0.4, -0.2) is 59.4 Å². The van der Waals surface area contributed by atoms with Crippen molar-refractivity contribution in [2.24, 2.45) is 0 Å². The molecule has 0 spiro atoms. The second kappa shape index (κ2) is 7.28. The molecule has 0 amide bonds. The van der Waals surface area contributed by atoms with Crippen molar-refractivity contribution >= 4 is 44.9 Å². The van der Waals surface area contributed by atoms with Gasteiger partial charge < -0.3 is 14.5 Å². The van der Waals surface area contributed by atoms with E-state index in [-0.39, 0.29) is 16.8 Å². The summed E-state index contributed by atoms with van der Waals surface area (Å²) in [6, 6.07) is 3.61. The fraction of sp³-hybridized carbons (Fsp3) is 0.588. The zero-order chi connectivity index (χ0) is 18.3. The topological polar surface area (TPSA) is 76.7 Å². The van der Waals surface area contributed by atoms with Crippen molar-refractivity contribution in [3.63, 3.8) is 0 Å². The number of nitro groups is 1. The number of aromatic nitrogens is 2. The first-order chi connectivity index (χ1) is 12.5. The van der Waals surface area contributed by atoms with E-state index in [1.807, 2.05) is 10.7 Å². The summed E-state index contributed by atoms with van der Waals surface area (Å²) in [5.74, 6) is 0. The Kier molecular flexibility index (Phi) is 5.02. The smallest absolute Gasteiger partial charge is 0.293 e. The van der Waals surface area contributed by atoms with Crippen LogP contribution in [0.5, 0.6) is 0 Å². The number of hydrogen-bond acceptors (Lipinski definition) is 6. The van der Waals surface area contributed by atoms with Crippen molar-refractivity contribution in [1.82, 2.24) is 14.7 Å². The molecular formula is C17H22IN5O3. The Morgan fingerprint density at radius 3 is 2.69 bits per heavy atom. The average Bonchev–Trinajstić information content (AvgIpc) is 2.98. The monoisotopic (exact) mass is 471 g/mol. The lowest BCUT2D eigenvalue weighted by Gasteiger charge is -2.33. The van der Waals surface area contributed by atoms with Crippen LogP contribution in [0, 0.1) is 13.8 Å². The maximum absolute atomic E-state index is 11.7. The Bertz CT molecular complexity index is 825. The van der Waals surface area contributed by atoms with Crippen LogP contribution in [0.3, 0.4) is 0 Å². The fourth-order valence-corrected chi connectivity index (χ4v) is 4.37. The van der Waals surface area contributed by atoms with E-state index in [1.165, 1.54) is 0 Å². The Balaban J connectivity index is 1.81. The normalized spacial score (nSPS) is 22.1. The Labute approximate surface area is 165 Å². The van der Waals surface area contributed by atoms with E-state index in [0.717, 1.165) is 66.7 Å². The second-order valence-corrected chi connectivity index (χ2v) is 7.98. The van der Waals surface area contributed by atoms with Gasteiger partial charge in [-0.3, -0.25) is 10.1 Å². The summed E-state index contributed by atoms with van der Waals surface area (Å²) in [6.07, 6.45) is 3.02. The molecule has 0 aliphatic carbocycles. The number of likely N-dealkylation sites (N-methyl/N-ethyl adjacent to an activating group) is 1. The van der Waals surface area contributed by atoms with Gasteiger partial charge in [0, 0.05) is 44.2 Å². The third-order valence-electron chi connectivity index (χ3n) is 5.23. The van der Waals surface area contributed by atoms with E-state index < -0.39 is 0 Å². The molecule has 9 heteroatoms. The van der Waals surface area contributed by atoms with Gasteiger partial charge in [0.1, 0.15) is 9.39 Å². The highest BCUT2D eigenvalue weighted by atomic mass is 127. The molecule has 140 valence electrons. The maximum atomic E-state index is 11.7. The van der Waals surface area contributed by atoms with Gasteiger partial charge in [-0.05, 0) is 55.0 Å². The van der Waals surface area contributed by atoms with Crippen LogP contribution >= 0.6 is 22.6 Å². The third-order valence-corrected chi connectivity index (χ3v) is 6.02. The van der Waals surface area contributed by atoms with Gasteiger partial charge in [0.2, 0.25) is 0 Å². The molecule has 0 N–H and O–H groups in total. The van der Waals surface area contributed by atoms with Crippen LogP contribution in [-0.2, 0) is 4.74 Å².